The molecule has 0 aliphatic carbocycles. The molecule has 0 aromatic heterocycles. The summed E-state index contributed by atoms with van der Waals surface area (Å²) in [6, 6.07) is 13.2. The molecule has 0 unspecified atom stereocenters. The van der Waals surface area contributed by atoms with Crippen molar-refractivity contribution >= 4 is 11.7 Å². The zero-order valence-electron chi connectivity index (χ0n) is 14.3. The van der Waals surface area contributed by atoms with E-state index < -0.39 is 0 Å². The largest absolute Gasteiger partial charge is 0.493 e. The Morgan fingerprint density at radius 3 is 2.68 bits per heavy atom. The molecule has 0 atom stereocenters. The van der Waals surface area contributed by atoms with E-state index in [4.69, 9.17) is 9.47 Å². The fourth-order valence-electron chi connectivity index (χ4n) is 2.73. The normalized spacial score (nSPS) is 12.2. The first kappa shape index (κ1) is 16.8. The first-order valence-electron chi connectivity index (χ1n) is 8.09. The maximum absolute atomic E-state index is 12.2. The summed E-state index contributed by atoms with van der Waals surface area (Å²) in [7, 11) is 3.11. The van der Waals surface area contributed by atoms with Crippen LogP contribution in [0.4, 0.5) is 0 Å². The number of aliphatic imine (C=N–C) groups is 1. The average Bonchev–Trinajstić information content (AvgIpc) is 3.07. The topological polar surface area (TPSA) is 72.0 Å². The van der Waals surface area contributed by atoms with Crippen molar-refractivity contribution in [3.63, 3.8) is 0 Å². The van der Waals surface area contributed by atoms with Crippen LogP contribution in [-0.2, 0) is 6.54 Å². The summed E-state index contributed by atoms with van der Waals surface area (Å²) in [6.07, 6.45) is 0. The van der Waals surface area contributed by atoms with Gasteiger partial charge in [-0.3, -0.25) is 9.79 Å². The number of carbonyl (C=O) groups excluding carboxylic acids is 1. The van der Waals surface area contributed by atoms with Crippen LogP contribution in [-0.4, -0.2) is 39.1 Å². The quantitative estimate of drug-likeness (QED) is 0.790. The lowest BCUT2D eigenvalue weighted by Gasteiger charge is -2.11. The van der Waals surface area contributed by atoms with Gasteiger partial charge in [-0.15, -0.1) is 0 Å². The van der Waals surface area contributed by atoms with Crippen molar-refractivity contribution in [1.82, 2.24) is 10.6 Å². The third-order valence-corrected chi connectivity index (χ3v) is 4.03. The summed E-state index contributed by atoms with van der Waals surface area (Å²) in [5.41, 5.74) is 2.88. The number of amides is 1. The highest BCUT2D eigenvalue weighted by molar-refractivity contribution is 6.02. The first-order valence-corrected chi connectivity index (χ1v) is 8.09. The van der Waals surface area contributed by atoms with E-state index in [1.54, 1.807) is 32.4 Å². The highest BCUT2D eigenvalue weighted by Gasteiger charge is 2.14. The van der Waals surface area contributed by atoms with Crippen LogP contribution in [0.25, 0.3) is 0 Å². The fourth-order valence-corrected chi connectivity index (χ4v) is 2.73. The highest BCUT2D eigenvalue weighted by Crippen LogP contribution is 2.27. The molecule has 25 heavy (non-hydrogen) atoms. The van der Waals surface area contributed by atoms with E-state index in [-0.39, 0.29) is 5.91 Å². The number of benzene rings is 2. The van der Waals surface area contributed by atoms with Gasteiger partial charge in [-0.2, -0.15) is 0 Å². The third kappa shape index (κ3) is 3.74. The number of hydrogen-bond donors (Lipinski definition) is 2. The molecule has 0 radical (unpaired) electrons. The molecule has 6 nitrogen and oxygen atoms in total. The number of nitrogens with one attached hydrogen (secondary N) is 2. The lowest BCUT2D eigenvalue weighted by Crippen LogP contribution is -2.34. The summed E-state index contributed by atoms with van der Waals surface area (Å²) in [4.78, 5) is 16.7. The van der Waals surface area contributed by atoms with Gasteiger partial charge in [0, 0.05) is 24.2 Å². The molecule has 0 saturated heterocycles. The van der Waals surface area contributed by atoms with Crippen LogP contribution in [0, 0.1) is 0 Å². The lowest BCUT2D eigenvalue weighted by atomic mass is 10.1. The fraction of sp³-hybridized carbons (Fsp3) is 0.263. The number of hydrogen-bond acceptors (Lipinski definition) is 5. The molecule has 130 valence electrons. The Labute approximate surface area is 146 Å². The Bertz CT molecular complexity index is 802. The maximum Gasteiger partial charge on any atom is 0.251 e. The molecule has 0 saturated carbocycles. The average molecular weight is 339 g/mol. The second-order valence-corrected chi connectivity index (χ2v) is 5.57. The van der Waals surface area contributed by atoms with Gasteiger partial charge in [-0.25, -0.2) is 0 Å². The summed E-state index contributed by atoms with van der Waals surface area (Å²) in [5.74, 6) is 1.86. The van der Waals surface area contributed by atoms with Crippen molar-refractivity contribution in [3.05, 3.63) is 59.2 Å². The minimum Gasteiger partial charge on any atom is -0.493 e. The van der Waals surface area contributed by atoms with Crippen LogP contribution in [0.15, 0.2) is 47.5 Å². The summed E-state index contributed by atoms with van der Waals surface area (Å²) in [5, 5.41) is 6.16. The molecule has 3 rings (SSSR count). The van der Waals surface area contributed by atoms with Gasteiger partial charge in [0.15, 0.2) is 11.5 Å². The summed E-state index contributed by atoms with van der Waals surface area (Å²) in [6.45, 7) is 1.80. The molecule has 1 aliphatic heterocycles. The SMILES string of the molecule is COc1ccc(C(=O)NCCNC2=NCc3ccccc32)cc1OC. The number of rotatable bonds is 6. The summed E-state index contributed by atoms with van der Waals surface area (Å²) < 4.78 is 10.4. The van der Waals surface area contributed by atoms with Crippen molar-refractivity contribution in [2.24, 2.45) is 4.99 Å². The van der Waals surface area contributed by atoms with Crippen LogP contribution in [0.1, 0.15) is 21.5 Å². The van der Waals surface area contributed by atoms with Gasteiger partial charge < -0.3 is 20.1 Å². The van der Waals surface area contributed by atoms with Gasteiger partial charge in [-0.05, 0) is 23.8 Å². The lowest BCUT2D eigenvalue weighted by molar-refractivity contribution is 0.0954. The second-order valence-electron chi connectivity index (χ2n) is 5.57. The molecular formula is C19H21N3O3. The van der Waals surface area contributed by atoms with Gasteiger partial charge in [0.25, 0.3) is 5.91 Å². The molecule has 1 aliphatic rings. The number of ether oxygens (including phenoxy) is 2. The minimum atomic E-state index is -0.156. The number of methoxy groups -OCH3 is 2. The third-order valence-electron chi connectivity index (χ3n) is 4.03. The number of amidine groups is 1. The molecule has 2 aromatic carbocycles. The molecule has 1 heterocycles. The van der Waals surface area contributed by atoms with Gasteiger partial charge in [0.05, 0.1) is 20.8 Å². The van der Waals surface area contributed by atoms with Crippen LogP contribution in [0.2, 0.25) is 0 Å². The smallest absolute Gasteiger partial charge is 0.251 e. The van der Waals surface area contributed by atoms with E-state index in [9.17, 15) is 4.79 Å². The molecule has 0 bridgehead atoms. The van der Waals surface area contributed by atoms with Crippen LogP contribution in [0.3, 0.4) is 0 Å². The highest BCUT2D eigenvalue weighted by atomic mass is 16.5. The van der Waals surface area contributed by atoms with Crippen LogP contribution in [0.5, 0.6) is 11.5 Å². The molecule has 2 aromatic rings. The van der Waals surface area contributed by atoms with Crippen molar-refractivity contribution in [3.8, 4) is 11.5 Å². The Kier molecular flexibility index (Phi) is 5.18. The van der Waals surface area contributed by atoms with E-state index in [1.807, 2.05) is 12.1 Å². The van der Waals surface area contributed by atoms with Gasteiger partial charge in [0.2, 0.25) is 0 Å². The minimum absolute atomic E-state index is 0.156. The predicted octanol–water partition coefficient (Wildman–Crippen LogP) is 1.98. The molecular weight excluding hydrogens is 318 g/mol. The van der Waals surface area contributed by atoms with Gasteiger partial charge in [0.1, 0.15) is 5.84 Å². The van der Waals surface area contributed by atoms with E-state index in [1.165, 1.54) is 5.56 Å². The first-order chi connectivity index (χ1) is 12.2. The molecule has 1 amide bonds. The zero-order valence-corrected chi connectivity index (χ0v) is 14.3. The van der Waals surface area contributed by atoms with Gasteiger partial charge in [-0.1, -0.05) is 24.3 Å². The zero-order chi connectivity index (χ0) is 17.6. The predicted molar refractivity (Wildman–Crippen MR) is 96.6 cm³/mol. The number of fused-ring (bicyclic) bond motifs is 1. The summed E-state index contributed by atoms with van der Waals surface area (Å²) >= 11 is 0. The Hall–Kier alpha value is -3.02. The Morgan fingerprint density at radius 2 is 1.88 bits per heavy atom. The van der Waals surface area contributed by atoms with Crippen molar-refractivity contribution in [1.29, 1.82) is 0 Å². The molecule has 6 heteroatoms. The van der Waals surface area contributed by atoms with Crippen molar-refractivity contribution < 1.29 is 14.3 Å². The van der Waals surface area contributed by atoms with E-state index in [0.717, 1.165) is 11.4 Å². The molecule has 0 spiro atoms. The number of carbonyl (C=O) groups is 1. The molecule has 0 fully saturated rings. The molecule has 2 N–H and O–H groups in total. The van der Waals surface area contributed by atoms with Crippen molar-refractivity contribution in [2.45, 2.75) is 6.54 Å². The van der Waals surface area contributed by atoms with Crippen LogP contribution < -0.4 is 20.1 Å². The van der Waals surface area contributed by atoms with Crippen molar-refractivity contribution in [2.75, 3.05) is 27.3 Å². The number of nitrogens with zero attached hydrogens (tertiary/aromatic N) is 1. The second kappa shape index (κ2) is 7.70. The Balaban J connectivity index is 1.50. The van der Waals surface area contributed by atoms with E-state index in [0.29, 0.717) is 36.7 Å². The standard InChI is InChI=1S/C19H21N3O3/c1-24-16-8-7-13(11-17(16)25-2)19(23)21-10-9-20-18-15-6-4-3-5-14(15)12-22-18/h3-8,11H,9-10,12H2,1-2H3,(H,20,22)(H,21,23). The van der Waals surface area contributed by atoms with Crippen LogP contribution >= 0.6 is 0 Å². The maximum atomic E-state index is 12.2. The Morgan fingerprint density at radius 1 is 1.08 bits per heavy atom. The van der Waals surface area contributed by atoms with E-state index in [2.05, 4.69) is 27.8 Å². The van der Waals surface area contributed by atoms with Gasteiger partial charge >= 0.3 is 0 Å². The van der Waals surface area contributed by atoms with E-state index >= 15 is 0 Å². The monoisotopic (exact) mass is 339 g/mol.